The van der Waals surface area contributed by atoms with Gasteiger partial charge in [-0.2, -0.15) is 0 Å². The molecule has 3 unspecified atom stereocenters. The molecule has 0 saturated heterocycles. The van der Waals surface area contributed by atoms with Crippen LogP contribution in [0.4, 0.5) is 0 Å². The SMILES string of the molecule is CC(C)(C)CCC(NN)C1CC1c1ccccc1. The van der Waals surface area contributed by atoms with E-state index in [0.717, 1.165) is 5.92 Å². The van der Waals surface area contributed by atoms with E-state index >= 15 is 0 Å². The van der Waals surface area contributed by atoms with Crippen LogP contribution in [0.2, 0.25) is 0 Å². The summed E-state index contributed by atoms with van der Waals surface area (Å²) >= 11 is 0. The standard InChI is InChI=1S/C16H26N2/c1-16(2,3)10-9-15(18-17)14-11-13(14)12-7-5-4-6-8-12/h4-8,13-15,18H,9-11,17H2,1-3H3. The summed E-state index contributed by atoms with van der Waals surface area (Å²) in [5, 5.41) is 0. The van der Waals surface area contributed by atoms with Crippen LogP contribution < -0.4 is 11.3 Å². The Labute approximate surface area is 111 Å². The first-order valence-corrected chi connectivity index (χ1v) is 7.02. The van der Waals surface area contributed by atoms with Gasteiger partial charge in [-0.3, -0.25) is 11.3 Å². The van der Waals surface area contributed by atoms with E-state index in [1.807, 2.05) is 0 Å². The van der Waals surface area contributed by atoms with Gasteiger partial charge < -0.3 is 0 Å². The number of hydrogen-bond donors (Lipinski definition) is 2. The third-order valence-electron chi connectivity index (χ3n) is 4.00. The first-order valence-electron chi connectivity index (χ1n) is 7.02. The van der Waals surface area contributed by atoms with Crippen LogP contribution in [0.25, 0.3) is 0 Å². The molecule has 0 bridgehead atoms. The Morgan fingerprint density at radius 2 is 1.94 bits per heavy atom. The molecular formula is C16H26N2. The molecule has 2 heteroatoms. The average molecular weight is 246 g/mol. The van der Waals surface area contributed by atoms with E-state index in [4.69, 9.17) is 5.84 Å². The third kappa shape index (κ3) is 3.56. The van der Waals surface area contributed by atoms with Gasteiger partial charge in [-0.15, -0.1) is 0 Å². The molecule has 0 amide bonds. The van der Waals surface area contributed by atoms with Crippen molar-refractivity contribution < 1.29 is 0 Å². The van der Waals surface area contributed by atoms with Crippen molar-refractivity contribution in [1.29, 1.82) is 0 Å². The van der Waals surface area contributed by atoms with Gasteiger partial charge in [0.15, 0.2) is 0 Å². The van der Waals surface area contributed by atoms with Gasteiger partial charge >= 0.3 is 0 Å². The number of benzene rings is 1. The van der Waals surface area contributed by atoms with Gasteiger partial charge in [-0.1, -0.05) is 51.1 Å². The summed E-state index contributed by atoms with van der Waals surface area (Å²) in [7, 11) is 0. The summed E-state index contributed by atoms with van der Waals surface area (Å²) < 4.78 is 0. The molecule has 18 heavy (non-hydrogen) atoms. The monoisotopic (exact) mass is 246 g/mol. The lowest BCUT2D eigenvalue weighted by Crippen LogP contribution is -2.37. The van der Waals surface area contributed by atoms with Crippen LogP contribution in [0.1, 0.15) is 51.5 Å². The lowest BCUT2D eigenvalue weighted by atomic mass is 9.87. The molecule has 0 radical (unpaired) electrons. The Morgan fingerprint density at radius 1 is 1.28 bits per heavy atom. The molecule has 0 aliphatic heterocycles. The van der Waals surface area contributed by atoms with Gasteiger partial charge in [0.1, 0.15) is 0 Å². The Kier molecular flexibility index (Phi) is 4.08. The molecular weight excluding hydrogens is 220 g/mol. The van der Waals surface area contributed by atoms with E-state index in [0.29, 0.717) is 17.4 Å². The van der Waals surface area contributed by atoms with E-state index in [2.05, 4.69) is 56.5 Å². The van der Waals surface area contributed by atoms with Crippen molar-refractivity contribution in [2.24, 2.45) is 17.2 Å². The molecule has 0 heterocycles. The van der Waals surface area contributed by atoms with E-state index in [9.17, 15) is 0 Å². The molecule has 1 aliphatic rings. The zero-order valence-corrected chi connectivity index (χ0v) is 11.8. The molecule has 1 aromatic rings. The smallest absolute Gasteiger partial charge is 0.0245 e. The Hall–Kier alpha value is -0.860. The molecule has 0 spiro atoms. The summed E-state index contributed by atoms with van der Waals surface area (Å²) in [6.07, 6.45) is 3.68. The van der Waals surface area contributed by atoms with Crippen molar-refractivity contribution in [3.8, 4) is 0 Å². The molecule has 1 aliphatic carbocycles. The van der Waals surface area contributed by atoms with Gasteiger partial charge in [0.2, 0.25) is 0 Å². The highest BCUT2D eigenvalue weighted by Crippen LogP contribution is 2.50. The van der Waals surface area contributed by atoms with Crippen LogP contribution in [0.15, 0.2) is 30.3 Å². The average Bonchev–Trinajstić information content (AvgIpc) is 3.10. The summed E-state index contributed by atoms with van der Waals surface area (Å²) in [5.41, 5.74) is 4.90. The highest BCUT2D eigenvalue weighted by atomic mass is 15.2. The van der Waals surface area contributed by atoms with Gasteiger partial charge in [-0.05, 0) is 42.1 Å². The van der Waals surface area contributed by atoms with Crippen molar-refractivity contribution in [2.75, 3.05) is 0 Å². The van der Waals surface area contributed by atoms with E-state index in [-0.39, 0.29) is 0 Å². The van der Waals surface area contributed by atoms with Crippen LogP contribution >= 0.6 is 0 Å². The topological polar surface area (TPSA) is 38.0 Å². The van der Waals surface area contributed by atoms with E-state index in [1.54, 1.807) is 0 Å². The second kappa shape index (κ2) is 5.41. The van der Waals surface area contributed by atoms with Crippen LogP contribution in [-0.2, 0) is 0 Å². The number of nitrogens with two attached hydrogens (primary N) is 1. The van der Waals surface area contributed by atoms with E-state index < -0.39 is 0 Å². The Bertz CT molecular complexity index is 366. The highest BCUT2D eigenvalue weighted by Gasteiger charge is 2.43. The van der Waals surface area contributed by atoms with Crippen LogP contribution in [0, 0.1) is 11.3 Å². The maximum atomic E-state index is 5.73. The number of hydrazine groups is 1. The molecule has 100 valence electrons. The van der Waals surface area contributed by atoms with Crippen molar-refractivity contribution >= 4 is 0 Å². The predicted octanol–water partition coefficient (Wildman–Crippen LogP) is 3.45. The summed E-state index contributed by atoms with van der Waals surface area (Å²) in [6.45, 7) is 6.88. The highest BCUT2D eigenvalue weighted by molar-refractivity contribution is 5.26. The molecule has 3 N–H and O–H groups in total. The van der Waals surface area contributed by atoms with Crippen LogP contribution in [0.3, 0.4) is 0 Å². The maximum Gasteiger partial charge on any atom is 0.0245 e. The van der Waals surface area contributed by atoms with E-state index in [1.165, 1.54) is 24.8 Å². The first kappa shape index (κ1) is 13.6. The normalized spacial score (nSPS) is 24.9. The molecule has 1 saturated carbocycles. The van der Waals surface area contributed by atoms with Crippen molar-refractivity contribution in [2.45, 2.75) is 52.0 Å². The van der Waals surface area contributed by atoms with Crippen LogP contribution in [-0.4, -0.2) is 6.04 Å². The summed E-state index contributed by atoms with van der Waals surface area (Å²) in [5.74, 6) is 7.17. The van der Waals surface area contributed by atoms with Crippen LogP contribution in [0.5, 0.6) is 0 Å². The fourth-order valence-corrected chi connectivity index (χ4v) is 2.75. The number of hydrogen-bond acceptors (Lipinski definition) is 2. The molecule has 1 aromatic carbocycles. The fraction of sp³-hybridized carbons (Fsp3) is 0.625. The molecule has 3 atom stereocenters. The third-order valence-corrected chi connectivity index (χ3v) is 4.00. The first-order chi connectivity index (χ1) is 8.51. The maximum absolute atomic E-state index is 5.73. The summed E-state index contributed by atoms with van der Waals surface area (Å²) in [6, 6.07) is 11.3. The minimum Gasteiger partial charge on any atom is -0.271 e. The number of nitrogens with one attached hydrogen (secondary N) is 1. The van der Waals surface area contributed by atoms with Gasteiger partial charge in [0.05, 0.1) is 0 Å². The minimum atomic E-state index is 0.395. The molecule has 2 nitrogen and oxygen atoms in total. The largest absolute Gasteiger partial charge is 0.271 e. The summed E-state index contributed by atoms with van der Waals surface area (Å²) in [4.78, 5) is 0. The molecule has 2 rings (SSSR count). The van der Waals surface area contributed by atoms with Crippen molar-refractivity contribution in [1.82, 2.24) is 5.43 Å². The van der Waals surface area contributed by atoms with Crippen molar-refractivity contribution in [3.05, 3.63) is 35.9 Å². The molecule has 0 aromatic heterocycles. The van der Waals surface area contributed by atoms with Gasteiger partial charge in [-0.25, -0.2) is 0 Å². The molecule has 1 fully saturated rings. The zero-order chi connectivity index (χ0) is 13.2. The number of rotatable bonds is 5. The lowest BCUT2D eigenvalue weighted by molar-refractivity contribution is 0.316. The quantitative estimate of drug-likeness (QED) is 0.617. The second-order valence-corrected chi connectivity index (χ2v) is 6.79. The predicted molar refractivity (Wildman–Crippen MR) is 77.1 cm³/mol. The zero-order valence-electron chi connectivity index (χ0n) is 11.8. The second-order valence-electron chi connectivity index (χ2n) is 6.79. The van der Waals surface area contributed by atoms with Gasteiger partial charge in [0, 0.05) is 6.04 Å². The minimum absolute atomic E-state index is 0.395. The van der Waals surface area contributed by atoms with Crippen molar-refractivity contribution in [3.63, 3.8) is 0 Å². The lowest BCUT2D eigenvalue weighted by Gasteiger charge is -2.23. The Morgan fingerprint density at radius 3 is 2.50 bits per heavy atom. The Balaban J connectivity index is 1.88. The fourth-order valence-electron chi connectivity index (χ4n) is 2.75. The van der Waals surface area contributed by atoms with Gasteiger partial charge in [0.25, 0.3) is 0 Å².